The Morgan fingerprint density at radius 2 is 1.94 bits per heavy atom. The first kappa shape index (κ1) is 20.7. The van der Waals surface area contributed by atoms with Crippen LogP contribution in [-0.2, 0) is 12.8 Å². The quantitative estimate of drug-likeness (QED) is 0.560. The van der Waals surface area contributed by atoms with Crippen molar-refractivity contribution in [3.63, 3.8) is 0 Å². The summed E-state index contributed by atoms with van der Waals surface area (Å²) >= 11 is 5.97. The molecule has 1 unspecified atom stereocenters. The molecule has 0 N–H and O–H groups in total. The zero-order chi connectivity index (χ0) is 21.6. The van der Waals surface area contributed by atoms with E-state index >= 15 is 0 Å². The van der Waals surface area contributed by atoms with Crippen molar-refractivity contribution in [2.75, 3.05) is 0 Å². The Kier molecular flexibility index (Phi) is 6.34. The van der Waals surface area contributed by atoms with Crippen LogP contribution < -0.4 is 5.56 Å². The Labute approximate surface area is 185 Å². The molecule has 7 heteroatoms. The minimum absolute atomic E-state index is 0.200. The summed E-state index contributed by atoms with van der Waals surface area (Å²) in [5.74, 6) is 0.764. The fourth-order valence-corrected chi connectivity index (χ4v) is 3.71. The van der Waals surface area contributed by atoms with E-state index in [-0.39, 0.29) is 5.56 Å². The van der Waals surface area contributed by atoms with Gasteiger partial charge in [-0.3, -0.25) is 19.3 Å². The summed E-state index contributed by atoms with van der Waals surface area (Å²) in [6.45, 7) is 0. The number of aliphatic imine (C=N–C) groups is 1. The second-order valence-electron chi connectivity index (χ2n) is 7.41. The number of hydrogen-bond acceptors (Lipinski definition) is 5. The summed E-state index contributed by atoms with van der Waals surface area (Å²) in [7, 11) is 0. The molecule has 0 fully saturated rings. The molecule has 6 nitrogen and oxygen atoms in total. The zero-order valence-electron chi connectivity index (χ0n) is 16.8. The molecule has 0 radical (unpaired) electrons. The summed E-state index contributed by atoms with van der Waals surface area (Å²) in [6.07, 6.45) is 12.3. The Hall–Kier alpha value is -3.56. The molecule has 1 aliphatic heterocycles. The first-order valence-electron chi connectivity index (χ1n) is 10.0. The fraction of sp³-hybridized carbons (Fsp3) is 0.208. The van der Waals surface area contributed by atoms with Gasteiger partial charge in [0.25, 0.3) is 5.56 Å². The van der Waals surface area contributed by atoms with Crippen LogP contribution in [0.3, 0.4) is 0 Å². The Morgan fingerprint density at radius 1 is 1.10 bits per heavy atom. The van der Waals surface area contributed by atoms with E-state index in [4.69, 9.17) is 16.9 Å². The van der Waals surface area contributed by atoms with E-state index in [0.29, 0.717) is 22.3 Å². The lowest BCUT2D eigenvalue weighted by molar-refractivity contribution is 0.649. The van der Waals surface area contributed by atoms with Crippen LogP contribution in [0.1, 0.15) is 29.7 Å². The van der Waals surface area contributed by atoms with Crippen LogP contribution in [0.5, 0.6) is 0 Å². The van der Waals surface area contributed by atoms with Gasteiger partial charge >= 0.3 is 0 Å². The number of benzene rings is 1. The molecule has 31 heavy (non-hydrogen) atoms. The van der Waals surface area contributed by atoms with Crippen molar-refractivity contribution in [1.82, 2.24) is 14.5 Å². The number of pyridine rings is 1. The highest BCUT2D eigenvalue weighted by Crippen LogP contribution is 2.25. The molecule has 0 bridgehead atoms. The van der Waals surface area contributed by atoms with Gasteiger partial charge in [0.1, 0.15) is 0 Å². The SMILES string of the molecule is N#Cc1ccc(CC2=CN=CC2CCCc2cnc(-n3cc(Cl)ccc3=O)cn2)cc1. The van der Waals surface area contributed by atoms with Gasteiger partial charge in [0.15, 0.2) is 5.82 Å². The summed E-state index contributed by atoms with van der Waals surface area (Å²) in [6, 6.07) is 12.8. The van der Waals surface area contributed by atoms with Gasteiger partial charge in [-0.2, -0.15) is 5.26 Å². The highest BCUT2D eigenvalue weighted by atomic mass is 35.5. The van der Waals surface area contributed by atoms with Crippen molar-refractivity contribution in [1.29, 1.82) is 5.26 Å². The average Bonchev–Trinajstić information content (AvgIpc) is 3.23. The zero-order valence-corrected chi connectivity index (χ0v) is 17.5. The number of nitrogens with zero attached hydrogens (tertiary/aromatic N) is 5. The van der Waals surface area contributed by atoms with Gasteiger partial charge in [-0.15, -0.1) is 0 Å². The van der Waals surface area contributed by atoms with E-state index in [1.54, 1.807) is 18.5 Å². The van der Waals surface area contributed by atoms with E-state index in [0.717, 1.165) is 31.4 Å². The highest BCUT2D eigenvalue weighted by Gasteiger charge is 2.16. The highest BCUT2D eigenvalue weighted by molar-refractivity contribution is 6.30. The van der Waals surface area contributed by atoms with Crippen molar-refractivity contribution in [2.45, 2.75) is 25.7 Å². The normalized spacial score (nSPS) is 15.0. The summed E-state index contributed by atoms with van der Waals surface area (Å²) < 4.78 is 1.38. The van der Waals surface area contributed by atoms with Gasteiger partial charge in [0.2, 0.25) is 0 Å². The van der Waals surface area contributed by atoms with Crippen molar-refractivity contribution >= 4 is 17.8 Å². The molecule has 1 aromatic carbocycles. The van der Waals surface area contributed by atoms with Crippen LogP contribution in [0.25, 0.3) is 5.82 Å². The van der Waals surface area contributed by atoms with Gasteiger partial charge in [-0.1, -0.05) is 23.7 Å². The number of rotatable bonds is 7. The van der Waals surface area contributed by atoms with Gasteiger partial charge in [-0.25, -0.2) is 4.98 Å². The molecule has 0 spiro atoms. The van der Waals surface area contributed by atoms with Crippen LogP contribution in [0, 0.1) is 17.2 Å². The minimum Gasteiger partial charge on any atom is -0.269 e. The number of allylic oxidation sites excluding steroid dienone is 1. The maximum absolute atomic E-state index is 12.0. The molecule has 0 saturated heterocycles. The van der Waals surface area contributed by atoms with Crippen LogP contribution in [0.2, 0.25) is 5.02 Å². The largest absolute Gasteiger partial charge is 0.269 e. The molecular formula is C24H20ClN5O. The summed E-state index contributed by atoms with van der Waals surface area (Å²) in [5, 5.41) is 9.40. The number of halogens is 1. The maximum Gasteiger partial charge on any atom is 0.256 e. The molecule has 4 rings (SSSR count). The molecule has 3 heterocycles. The Balaban J connectivity index is 1.32. The van der Waals surface area contributed by atoms with Crippen molar-refractivity contribution in [3.05, 3.63) is 99.0 Å². The van der Waals surface area contributed by atoms with E-state index in [2.05, 4.69) is 21.0 Å². The van der Waals surface area contributed by atoms with Crippen molar-refractivity contribution in [2.24, 2.45) is 10.9 Å². The monoisotopic (exact) mass is 429 g/mol. The Morgan fingerprint density at radius 3 is 2.68 bits per heavy atom. The number of nitriles is 1. The minimum atomic E-state index is -0.200. The molecule has 1 aliphatic rings. The molecule has 1 atom stereocenters. The Bertz CT molecular complexity index is 1220. The third-order valence-corrected chi connectivity index (χ3v) is 5.46. The van der Waals surface area contributed by atoms with Crippen molar-refractivity contribution in [3.8, 4) is 11.9 Å². The predicted molar refractivity (Wildman–Crippen MR) is 121 cm³/mol. The summed E-state index contributed by atoms with van der Waals surface area (Å²) in [5.41, 5.74) is 3.81. The maximum atomic E-state index is 12.0. The van der Waals surface area contributed by atoms with Crippen LogP contribution in [0.4, 0.5) is 0 Å². The fourth-order valence-electron chi connectivity index (χ4n) is 3.55. The molecule has 0 saturated carbocycles. The number of hydrogen-bond donors (Lipinski definition) is 0. The van der Waals surface area contributed by atoms with E-state index in [1.165, 1.54) is 28.0 Å². The molecule has 2 aromatic heterocycles. The average molecular weight is 430 g/mol. The van der Waals surface area contributed by atoms with Crippen LogP contribution in [0.15, 0.2) is 76.5 Å². The summed E-state index contributed by atoms with van der Waals surface area (Å²) in [4.78, 5) is 25.1. The standard InChI is InChI=1S/C24H20ClN5O/c25-21-8-9-24(31)30(16-21)23-15-28-22(14-29-23)3-1-2-19-12-27-13-20(19)10-17-4-6-18(11-26)7-5-17/h4-9,12-16,19H,1-3,10H2. The lowest BCUT2D eigenvalue weighted by atomic mass is 9.91. The van der Waals surface area contributed by atoms with Crippen LogP contribution >= 0.6 is 11.6 Å². The van der Waals surface area contributed by atoms with Gasteiger partial charge in [0.05, 0.1) is 34.7 Å². The number of aryl methyl sites for hydroxylation is 1. The van der Waals surface area contributed by atoms with Crippen LogP contribution in [-0.4, -0.2) is 20.7 Å². The molecule has 0 amide bonds. The second kappa shape index (κ2) is 9.50. The van der Waals surface area contributed by atoms with Gasteiger partial charge < -0.3 is 0 Å². The molecular weight excluding hydrogens is 410 g/mol. The smallest absolute Gasteiger partial charge is 0.256 e. The second-order valence-corrected chi connectivity index (χ2v) is 7.84. The third kappa shape index (κ3) is 5.14. The molecule has 0 aliphatic carbocycles. The van der Waals surface area contributed by atoms with Gasteiger partial charge in [0, 0.05) is 30.6 Å². The first-order chi connectivity index (χ1) is 15.1. The van der Waals surface area contributed by atoms with E-state index < -0.39 is 0 Å². The van der Waals surface area contributed by atoms with Crippen molar-refractivity contribution < 1.29 is 0 Å². The number of aromatic nitrogens is 3. The topological polar surface area (TPSA) is 83.9 Å². The predicted octanol–water partition coefficient (Wildman–Crippen LogP) is 4.30. The van der Waals surface area contributed by atoms with E-state index in [1.807, 2.05) is 36.7 Å². The third-order valence-electron chi connectivity index (χ3n) is 5.24. The molecule has 154 valence electrons. The first-order valence-corrected chi connectivity index (χ1v) is 10.4. The lowest BCUT2D eigenvalue weighted by Gasteiger charge is -2.13. The van der Waals surface area contributed by atoms with Gasteiger partial charge in [-0.05, 0) is 55.0 Å². The van der Waals surface area contributed by atoms with E-state index in [9.17, 15) is 4.79 Å². The lowest BCUT2D eigenvalue weighted by Crippen LogP contribution is -2.17. The molecule has 3 aromatic rings.